The van der Waals surface area contributed by atoms with Gasteiger partial charge >= 0.3 is 0 Å². The largest absolute Gasteiger partial charge is 0.383 e. The van der Waals surface area contributed by atoms with Crippen LogP contribution in [-0.4, -0.2) is 37.8 Å². The highest BCUT2D eigenvalue weighted by Crippen LogP contribution is 2.23. The Labute approximate surface area is 158 Å². The molecule has 26 heavy (non-hydrogen) atoms. The molecule has 2 N–H and O–H groups in total. The van der Waals surface area contributed by atoms with E-state index in [1.54, 1.807) is 13.2 Å². The lowest BCUT2D eigenvalue weighted by Gasteiger charge is -2.11. The van der Waals surface area contributed by atoms with E-state index in [1.807, 2.05) is 42.5 Å². The maximum absolute atomic E-state index is 12.6. The van der Waals surface area contributed by atoms with Crippen molar-refractivity contribution in [3.63, 3.8) is 0 Å². The van der Waals surface area contributed by atoms with E-state index in [0.29, 0.717) is 18.7 Å². The van der Waals surface area contributed by atoms with Gasteiger partial charge in [-0.1, -0.05) is 31.2 Å². The normalized spacial score (nSPS) is 10.4. The zero-order valence-electron chi connectivity index (χ0n) is 15.1. The molecule has 0 fully saturated rings. The van der Waals surface area contributed by atoms with Crippen molar-refractivity contribution in [2.45, 2.75) is 18.2 Å². The topological polar surface area (TPSA) is 67.4 Å². The second-order valence-electron chi connectivity index (χ2n) is 5.64. The van der Waals surface area contributed by atoms with Crippen LogP contribution in [0.2, 0.25) is 0 Å². The molecule has 0 aliphatic rings. The average Bonchev–Trinajstić information content (AvgIpc) is 2.67. The number of rotatable bonds is 9. The van der Waals surface area contributed by atoms with Crippen molar-refractivity contribution < 1.29 is 14.3 Å². The van der Waals surface area contributed by atoms with Crippen molar-refractivity contribution in [2.75, 3.05) is 31.3 Å². The first-order valence-electron chi connectivity index (χ1n) is 8.51. The molecule has 0 heterocycles. The molecule has 0 bridgehead atoms. The van der Waals surface area contributed by atoms with Crippen molar-refractivity contribution >= 4 is 29.3 Å². The Morgan fingerprint density at radius 3 is 2.69 bits per heavy atom. The molecule has 0 spiro atoms. The van der Waals surface area contributed by atoms with Crippen LogP contribution in [0.15, 0.2) is 53.4 Å². The lowest BCUT2D eigenvalue weighted by Crippen LogP contribution is -2.28. The van der Waals surface area contributed by atoms with Crippen molar-refractivity contribution in [1.29, 1.82) is 0 Å². The third-order valence-corrected chi connectivity index (χ3v) is 4.79. The summed E-state index contributed by atoms with van der Waals surface area (Å²) in [6.45, 7) is 3.03. The van der Waals surface area contributed by atoms with Crippen molar-refractivity contribution in [1.82, 2.24) is 5.32 Å². The fraction of sp³-hybridized carbons (Fsp3) is 0.300. The van der Waals surface area contributed by atoms with Gasteiger partial charge in [-0.3, -0.25) is 9.59 Å². The van der Waals surface area contributed by atoms with Crippen LogP contribution in [-0.2, 0) is 16.0 Å². The third kappa shape index (κ3) is 6.20. The number of methoxy groups -OCH3 is 1. The molecule has 0 aliphatic carbocycles. The van der Waals surface area contributed by atoms with E-state index in [-0.39, 0.29) is 17.6 Å². The van der Waals surface area contributed by atoms with Gasteiger partial charge in [0.15, 0.2) is 0 Å². The zero-order chi connectivity index (χ0) is 18.8. The van der Waals surface area contributed by atoms with Gasteiger partial charge in [0.1, 0.15) is 0 Å². The van der Waals surface area contributed by atoms with E-state index in [2.05, 4.69) is 17.6 Å². The van der Waals surface area contributed by atoms with Gasteiger partial charge < -0.3 is 15.4 Å². The number of carbonyl (C=O) groups excluding carboxylic acids is 2. The van der Waals surface area contributed by atoms with Gasteiger partial charge in [0.25, 0.3) is 5.91 Å². The summed E-state index contributed by atoms with van der Waals surface area (Å²) in [7, 11) is 1.59. The zero-order valence-corrected chi connectivity index (χ0v) is 15.9. The Morgan fingerprint density at radius 1 is 1.12 bits per heavy atom. The van der Waals surface area contributed by atoms with Crippen LogP contribution in [0.25, 0.3) is 0 Å². The highest BCUT2D eigenvalue weighted by Gasteiger charge is 2.13. The van der Waals surface area contributed by atoms with Gasteiger partial charge in [0.05, 0.1) is 17.9 Å². The number of hydrogen-bond acceptors (Lipinski definition) is 4. The number of thioether (sulfide) groups is 1. The average molecular weight is 372 g/mol. The molecule has 2 amide bonds. The predicted octanol–water partition coefficient (Wildman–Crippen LogP) is 3.36. The molecule has 2 rings (SSSR count). The molecule has 0 saturated carbocycles. The Morgan fingerprint density at radius 2 is 1.92 bits per heavy atom. The van der Waals surface area contributed by atoms with E-state index >= 15 is 0 Å². The first-order chi connectivity index (χ1) is 12.6. The molecule has 0 saturated heterocycles. The van der Waals surface area contributed by atoms with E-state index in [9.17, 15) is 9.59 Å². The third-order valence-electron chi connectivity index (χ3n) is 3.71. The van der Waals surface area contributed by atoms with Crippen LogP contribution in [0.1, 0.15) is 22.8 Å². The standard InChI is InChI=1S/C20H24N2O3S/c1-3-15-7-6-8-16(13-15)22-20(24)17-9-4-5-10-18(17)26-14-19(23)21-11-12-25-2/h4-10,13H,3,11-12,14H2,1-2H3,(H,21,23)(H,22,24). The Kier molecular flexibility index (Phi) is 8.18. The van der Waals surface area contributed by atoms with Crippen LogP contribution in [0.3, 0.4) is 0 Å². The van der Waals surface area contributed by atoms with E-state index in [0.717, 1.165) is 22.6 Å². The molecular weight excluding hydrogens is 348 g/mol. The van der Waals surface area contributed by atoms with E-state index < -0.39 is 0 Å². The number of carbonyl (C=O) groups is 2. The predicted molar refractivity (Wildman–Crippen MR) is 106 cm³/mol. The smallest absolute Gasteiger partial charge is 0.256 e. The summed E-state index contributed by atoms with van der Waals surface area (Å²) < 4.78 is 4.90. The van der Waals surface area contributed by atoms with Gasteiger partial charge in [0, 0.05) is 24.2 Å². The number of nitrogens with one attached hydrogen (secondary N) is 2. The molecular formula is C20H24N2O3S. The second kappa shape index (κ2) is 10.6. The molecule has 2 aromatic carbocycles. The molecule has 138 valence electrons. The van der Waals surface area contributed by atoms with E-state index in [4.69, 9.17) is 4.74 Å². The number of amides is 2. The summed E-state index contributed by atoms with van der Waals surface area (Å²) in [5.41, 5.74) is 2.49. The highest BCUT2D eigenvalue weighted by atomic mass is 32.2. The Bertz CT molecular complexity index is 749. The minimum absolute atomic E-state index is 0.0853. The molecule has 5 nitrogen and oxygen atoms in total. The monoisotopic (exact) mass is 372 g/mol. The Hall–Kier alpha value is -2.31. The maximum atomic E-state index is 12.6. The minimum atomic E-state index is -0.179. The SMILES string of the molecule is CCc1cccc(NC(=O)c2ccccc2SCC(=O)NCCOC)c1. The number of aryl methyl sites for hydroxylation is 1. The number of anilines is 1. The maximum Gasteiger partial charge on any atom is 0.256 e. The number of benzene rings is 2. The summed E-state index contributed by atoms with van der Waals surface area (Å²) in [6, 6.07) is 15.1. The first-order valence-corrected chi connectivity index (χ1v) is 9.50. The van der Waals surface area contributed by atoms with Crippen LogP contribution in [0.5, 0.6) is 0 Å². The molecule has 0 atom stereocenters. The molecule has 2 aromatic rings. The molecule has 0 radical (unpaired) electrons. The summed E-state index contributed by atoms with van der Waals surface area (Å²) in [5, 5.41) is 5.70. The number of hydrogen-bond donors (Lipinski definition) is 2. The molecule has 0 aromatic heterocycles. The van der Waals surface area contributed by atoms with Gasteiger partial charge in [-0.05, 0) is 36.2 Å². The molecule has 6 heteroatoms. The van der Waals surface area contributed by atoms with E-state index in [1.165, 1.54) is 11.8 Å². The lowest BCUT2D eigenvalue weighted by molar-refractivity contribution is -0.118. The van der Waals surface area contributed by atoms with Gasteiger partial charge in [0.2, 0.25) is 5.91 Å². The number of ether oxygens (including phenoxy) is 1. The van der Waals surface area contributed by atoms with Crippen molar-refractivity contribution in [3.05, 3.63) is 59.7 Å². The van der Waals surface area contributed by atoms with Gasteiger partial charge in [-0.25, -0.2) is 0 Å². The summed E-state index contributed by atoms with van der Waals surface area (Å²) in [6.07, 6.45) is 0.911. The molecule has 0 aliphatic heterocycles. The second-order valence-corrected chi connectivity index (χ2v) is 6.65. The quantitative estimate of drug-likeness (QED) is 0.523. The van der Waals surface area contributed by atoms with Gasteiger partial charge in [-0.2, -0.15) is 0 Å². The summed E-state index contributed by atoms with van der Waals surface area (Å²) in [5.74, 6) is -0.0154. The van der Waals surface area contributed by atoms with Crippen molar-refractivity contribution in [3.8, 4) is 0 Å². The highest BCUT2D eigenvalue weighted by molar-refractivity contribution is 8.00. The summed E-state index contributed by atoms with van der Waals surface area (Å²) >= 11 is 1.35. The first kappa shape index (κ1) is 20.0. The minimum Gasteiger partial charge on any atom is -0.383 e. The van der Waals surface area contributed by atoms with Crippen LogP contribution >= 0.6 is 11.8 Å². The lowest BCUT2D eigenvalue weighted by atomic mass is 10.1. The molecule has 0 unspecified atom stereocenters. The fourth-order valence-corrected chi connectivity index (χ4v) is 3.21. The van der Waals surface area contributed by atoms with Crippen LogP contribution in [0.4, 0.5) is 5.69 Å². The van der Waals surface area contributed by atoms with Crippen molar-refractivity contribution in [2.24, 2.45) is 0 Å². The van der Waals surface area contributed by atoms with Gasteiger partial charge in [-0.15, -0.1) is 11.8 Å². The van der Waals surface area contributed by atoms with Crippen LogP contribution in [0, 0.1) is 0 Å². The summed E-state index contributed by atoms with van der Waals surface area (Å²) in [4.78, 5) is 25.3. The fourth-order valence-electron chi connectivity index (χ4n) is 2.33. The van der Waals surface area contributed by atoms with Crippen LogP contribution < -0.4 is 10.6 Å². The Balaban J connectivity index is 2.00.